The molecule has 1 aliphatic rings. The minimum Gasteiger partial charge on any atom is -0.341 e. The molecule has 0 radical (unpaired) electrons. The Morgan fingerprint density at radius 1 is 1.13 bits per heavy atom. The minimum atomic E-state index is -3.15. The van der Waals surface area contributed by atoms with Crippen molar-refractivity contribution in [1.29, 1.82) is 0 Å². The Morgan fingerprint density at radius 3 is 2.00 bits per heavy atom. The van der Waals surface area contributed by atoms with Crippen LogP contribution in [0.3, 0.4) is 0 Å². The largest absolute Gasteiger partial charge is 0.341 e. The molecule has 1 N–H and O–H groups in total. The van der Waals surface area contributed by atoms with Crippen molar-refractivity contribution in [3.63, 3.8) is 0 Å². The van der Waals surface area contributed by atoms with Crippen LogP contribution < -0.4 is 4.72 Å². The summed E-state index contributed by atoms with van der Waals surface area (Å²) in [6, 6.07) is -0.00113. The Bertz CT molecular complexity index is 459. The number of hydrogen-bond acceptors (Lipinski definition) is 4. The zero-order chi connectivity index (χ0) is 17.6. The average molecular weight is 348 g/mol. The highest BCUT2D eigenvalue weighted by Gasteiger charge is 2.25. The molecule has 1 fully saturated rings. The molecule has 23 heavy (non-hydrogen) atoms. The first-order valence-electron chi connectivity index (χ1n) is 8.54. The Kier molecular flexibility index (Phi) is 7.97. The number of rotatable bonds is 8. The van der Waals surface area contributed by atoms with Crippen molar-refractivity contribution in [3.8, 4) is 0 Å². The van der Waals surface area contributed by atoms with E-state index in [0.717, 1.165) is 39.0 Å². The molecule has 7 heteroatoms. The number of carbonyl (C=O) groups is 1. The van der Waals surface area contributed by atoms with Crippen LogP contribution in [-0.2, 0) is 14.8 Å². The lowest BCUT2D eigenvalue weighted by molar-refractivity contribution is -0.133. The van der Waals surface area contributed by atoms with Crippen LogP contribution in [0.15, 0.2) is 0 Å². The number of piperidine rings is 1. The van der Waals surface area contributed by atoms with E-state index in [-0.39, 0.29) is 11.9 Å². The maximum atomic E-state index is 12.6. The van der Waals surface area contributed by atoms with Gasteiger partial charge in [0, 0.05) is 32.2 Å². The van der Waals surface area contributed by atoms with Crippen LogP contribution in [0, 0.1) is 11.8 Å². The molecule has 0 spiro atoms. The highest BCUT2D eigenvalue weighted by molar-refractivity contribution is 7.88. The van der Waals surface area contributed by atoms with Gasteiger partial charge in [0.15, 0.2) is 0 Å². The summed E-state index contributed by atoms with van der Waals surface area (Å²) in [7, 11) is -3.15. The van der Waals surface area contributed by atoms with E-state index in [1.807, 2.05) is 4.90 Å². The molecule has 0 aliphatic carbocycles. The van der Waals surface area contributed by atoms with Crippen molar-refractivity contribution in [2.75, 3.05) is 39.0 Å². The van der Waals surface area contributed by atoms with E-state index in [2.05, 4.69) is 37.3 Å². The summed E-state index contributed by atoms with van der Waals surface area (Å²) in [6.07, 6.45) is 2.71. The van der Waals surface area contributed by atoms with Gasteiger partial charge in [-0.1, -0.05) is 27.7 Å². The highest BCUT2D eigenvalue weighted by Crippen LogP contribution is 2.12. The molecular formula is C16H33N3O3S. The number of hydrogen-bond donors (Lipinski definition) is 1. The second kappa shape index (κ2) is 8.99. The predicted molar refractivity (Wildman–Crippen MR) is 93.7 cm³/mol. The van der Waals surface area contributed by atoms with E-state index in [9.17, 15) is 13.2 Å². The Labute approximate surface area is 141 Å². The van der Waals surface area contributed by atoms with Gasteiger partial charge in [-0.3, -0.25) is 9.69 Å². The van der Waals surface area contributed by atoms with Gasteiger partial charge in [-0.25, -0.2) is 13.1 Å². The van der Waals surface area contributed by atoms with E-state index < -0.39 is 10.0 Å². The molecule has 136 valence electrons. The van der Waals surface area contributed by atoms with E-state index in [1.165, 1.54) is 6.26 Å². The number of nitrogens with one attached hydrogen (secondary N) is 1. The number of likely N-dealkylation sites (tertiary alicyclic amines) is 1. The Morgan fingerprint density at radius 2 is 1.61 bits per heavy atom. The fourth-order valence-corrected chi connectivity index (χ4v) is 3.80. The first-order valence-corrected chi connectivity index (χ1v) is 10.4. The number of sulfonamides is 1. The van der Waals surface area contributed by atoms with Gasteiger partial charge < -0.3 is 4.90 Å². The topological polar surface area (TPSA) is 69.7 Å². The van der Waals surface area contributed by atoms with Crippen LogP contribution >= 0.6 is 0 Å². The van der Waals surface area contributed by atoms with Gasteiger partial charge in [-0.2, -0.15) is 0 Å². The van der Waals surface area contributed by atoms with Crippen LogP contribution in [0.2, 0.25) is 0 Å². The molecule has 0 aromatic rings. The summed E-state index contributed by atoms with van der Waals surface area (Å²) in [5.41, 5.74) is 0. The summed E-state index contributed by atoms with van der Waals surface area (Å²) in [4.78, 5) is 16.7. The van der Waals surface area contributed by atoms with Crippen LogP contribution in [0.25, 0.3) is 0 Å². The zero-order valence-electron chi connectivity index (χ0n) is 15.2. The van der Waals surface area contributed by atoms with Crippen molar-refractivity contribution >= 4 is 15.9 Å². The number of nitrogens with zero attached hydrogens (tertiary/aromatic N) is 2. The number of amides is 1. The summed E-state index contributed by atoms with van der Waals surface area (Å²) in [5.74, 6) is 1.10. The van der Waals surface area contributed by atoms with Crippen molar-refractivity contribution in [2.45, 2.75) is 46.6 Å². The molecule has 1 saturated heterocycles. The predicted octanol–water partition coefficient (Wildman–Crippen LogP) is 1.14. The fraction of sp³-hybridized carbons (Fsp3) is 0.938. The first kappa shape index (κ1) is 20.4. The van der Waals surface area contributed by atoms with E-state index in [1.54, 1.807) is 0 Å². The van der Waals surface area contributed by atoms with E-state index >= 15 is 0 Å². The molecule has 0 bridgehead atoms. The zero-order valence-corrected chi connectivity index (χ0v) is 16.0. The van der Waals surface area contributed by atoms with Crippen LogP contribution in [0.4, 0.5) is 0 Å². The van der Waals surface area contributed by atoms with Gasteiger partial charge in [0.1, 0.15) is 0 Å². The van der Waals surface area contributed by atoms with Gasteiger partial charge in [0.2, 0.25) is 15.9 Å². The summed E-state index contributed by atoms with van der Waals surface area (Å²) >= 11 is 0. The van der Waals surface area contributed by atoms with Crippen molar-refractivity contribution in [2.24, 2.45) is 11.8 Å². The normalized spacial score (nSPS) is 17.9. The molecule has 0 atom stereocenters. The SMILES string of the molecule is CC(C)CN(CC(C)C)C(=O)CN1CCC(NS(C)(=O)=O)CC1. The minimum absolute atomic E-state index is 0.00113. The standard InChI is InChI=1S/C16H33N3O3S/c1-13(2)10-19(11-14(3)4)16(20)12-18-8-6-15(7-9-18)17-23(5,21)22/h13-15,17H,6-12H2,1-5H3. The number of carbonyl (C=O) groups excluding carboxylic acids is 1. The van der Waals surface area contributed by atoms with Crippen LogP contribution in [-0.4, -0.2) is 69.1 Å². The third-order valence-corrected chi connectivity index (χ3v) is 4.61. The van der Waals surface area contributed by atoms with Crippen molar-refractivity contribution in [3.05, 3.63) is 0 Å². The van der Waals surface area contributed by atoms with E-state index in [0.29, 0.717) is 18.4 Å². The Balaban J connectivity index is 2.47. The third kappa shape index (κ3) is 8.67. The molecular weight excluding hydrogens is 314 g/mol. The maximum Gasteiger partial charge on any atom is 0.236 e. The van der Waals surface area contributed by atoms with Gasteiger partial charge in [0.05, 0.1) is 12.8 Å². The Hall–Kier alpha value is -0.660. The molecule has 0 aromatic heterocycles. The molecule has 0 unspecified atom stereocenters. The molecule has 1 amide bonds. The third-order valence-electron chi connectivity index (χ3n) is 3.85. The van der Waals surface area contributed by atoms with Gasteiger partial charge in [0.25, 0.3) is 0 Å². The molecule has 1 heterocycles. The average Bonchev–Trinajstić information content (AvgIpc) is 2.37. The van der Waals surface area contributed by atoms with Crippen molar-refractivity contribution < 1.29 is 13.2 Å². The summed E-state index contributed by atoms with van der Waals surface area (Å²) in [6.45, 7) is 12.1. The molecule has 0 saturated carbocycles. The molecule has 6 nitrogen and oxygen atoms in total. The van der Waals surface area contributed by atoms with Gasteiger partial charge in [-0.15, -0.1) is 0 Å². The monoisotopic (exact) mass is 347 g/mol. The highest BCUT2D eigenvalue weighted by atomic mass is 32.2. The molecule has 1 aliphatic heterocycles. The lowest BCUT2D eigenvalue weighted by atomic mass is 10.1. The van der Waals surface area contributed by atoms with Gasteiger partial charge >= 0.3 is 0 Å². The van der Waals surface area contributed by atoms with Crippen molar-refractivity contribution in [1.82, 2.24) is 14.5 Å². The smallest absolute Gasteiger partial charge is 0.236 e. The van der Waals surface area contributed by atoms with E-state index in [4.69, 9.17) is 0 Å². The summed E-state index contributed by atoms with van der Waals surface area (Å²) < 4.78 is 25.2. The second-order valence-electron chi connectivity index (χ2n) is 7.53. The summed E-state index contributed by atoms with van der Waals surface area (Å²) in [5, 5.41) is 0. The van der Waals surface area contributed by atoms with Crippen LogP contribution in [0.1, 0.15) is 40.5 Å². The van der Waals surface area contributed by atoms with Crippen LogP contribution in [0.5, 0.6) is 0 Å². The molecule has 0 aromatic carbocycles. The second-order valence-corrected chi connectivity index (χ2v) is 9.31. The quantitative estimate of drug-likeness (QED) is 0.715. The lowest BCUT2D eigenvalue weighted by Crippen LogP contribution is -2.48. The van der Waals surface area contributed by atoms with Gasteiger partial charge in [-0.05, 0) is 24.7 Å². The lowest BCUT2D eigenvalue weighted by Gasteiger charge is -2.34. The first-order chi connectivity index (χ1) is 10.6. The molecule has 1 rings (SSSR count). The fourth-order valence-electron chi connectivity index (χ4n) is 2.96. The maximum absolute atomic E-state index is 12.6.